The maximum Gasteiger partial charge on any atom is 0.331 e. The van der Waals surface area contributed by atoms with Gasteiger partial charge < -0.3 is 15.0 Å². The lowest BCUT2D eigenvalue weighted by atomic mass is 10.2. The minimum absolute atomic E-state index is 0.191. The molecule has 0 aromatic heterocycles. The summed E-state index contributed by atoms with van der Waals surface area (Å²) in [4.78, 5) is 36.9. The fourth-order valence-corrected chi connectivity index (χ4v) is 2.61. The quantitative estimate of drug-likeness (QED) is 0.504. The van der Waals surface area contributed by atoms with Crippen LogP contribution in [-0.4, -0.2) is 42.9 Å². The van der Waals surface area contributed by atoms with Crippen LogP contribution in [0, 0.1) is 12.7 Å². The van der Waals surface area contributed by atoms with Gasteiger partial charge in [0.1, 0.15) is 5.82 Å². The predicted octanol–water partition coefficient (Wildman–Crippen LogP) is 3.55. The largest absolute Gasteiger partial charge is 0.452 e. The number of aryl methyl sites for hydroxylation is 1. The Morgan fingerprint density at radius 2 is 1.86 bits per heavy atom. The van der Waals surface area contributed by atoms with E-state index < -0.39 is 24.3 Å². The van der Waals surface area contributed by atoms with Crippen LogP contribution in [0.2, 0.25) is 0 Å². The number of esters is 1. The first-order valence-corrected chi connectivity index (χ1v) is 9.44. The number of likely N-dealkylation sites (N-methyl/N-ethyl adjacent to an activating group) is 1. The number of nitrogens with one attached hydrogen (secondary N) is 1. The average Bonchev–Trinajstić information content (AvgIpc) is 2.68. The molecule has 0 fully saturated rings. The molecule has 0 bridgehead atoms. The molecule has 0 radical (unpaired) electrons. The number of halogens is 2. The van der Waals surface area contributed by atoms with Gasteiger partial charge in [-0.05, 0) is 43.3 Å². The van der Waals surface area contributed by atoms with Crippen molar-refractivity contribution < 1.29 is 23.5 Å². The summed E-state index contributed by atoms with van der Waals surface area (Å²) in [5, 5.41) is 2.68. The van der Waals surface area contributed by atoms with E-state index in [1.54, 1.807) is 12.1 Å². The lowest BCUT2D eigenvalue weighted by Crippen LogP contribution is -2.37. The molecular weight excluding hydrogens is 443 g/mol. The molecule has 0 spiro atoms. The smallest absolute Gasteiger partial charge is 0.331 e. The molecule has 2 aromatic carbocycles. The van der Waals surface area contributed by atoms with Gasteiger partial charge in [0.05, 0.1) is 6.54 Å². The number of carbonyl (C=O) groups excluding carboxylic acids is 3. The standard InChI is InChI=1S/C21H20BrFN2O4/c1-14-3-7-17(8-4-14)24-19(26)12-25(2)20(27)13-29-21(28)10-5-15-11-16(22)6-9-18(15)23/h3-11H,12-13H2,1-2H3,(H,24,26)/b10-5+. The zero-order valence-electron chi connectivity index (χ0n) is 15.9. The van der Waals surface area contributed by atoms with Crippen molar-refractivity contribution in [2.75, 3.05) is 25.5 Å². The summed E-state index contributed by atoms with van der Waals surface area (Å²) in [5.74, 6) is -2.21. The van der Waals surface area contributed by atoms with E-state index in [2.05, 4.69) is 21.2 Å². The Hall–Kier alpha value is -3.00. The average molecular weight is 463 g/mol. The first kappa shape index (κ1) is 22.3. The molecule has 0 atom stereocenters. The van der Waals surface area contributed by atoms with Crippen LogP contribution >= 0.6 is 15.9 Å². The predicted molar refractivity (Wildman–Crippen MR) is 112 cm³/mol. The molecule has 152 valence electrons. The summed E-state index contributed by atoms with van der Waals surface area (Å²) < 4.78 is 19.1. The third kappa shape index (κ3) is 7.50. The number of hydrogen-bond acceptors (Lipinski definition) is 4. The highest BCUT2D eigenvalue weighted by atomic mass is 79.9. The van der Waals surface area contributed by atoms with Crippen LogP contribution in [-0.2, 0) is 19.1 Å². The van der Waals surface area contributed by atoms with E-state index >= 15 is 0 Å². The third-order valence-electron chi connectivity index (χ3n) is 3.84. The second kappa shape index (κ2) is 10.5. The molecule has 0 saturated carbocycles. The Bertz CT molecular complexity index is 929. The molecule has 0 unspecified atom stereocenters. The number of rotatable bonds is 7. The molecule has 1 N–H and O–H groups in total. The van der Waals surface area contributed by atoms with Crippen LogP contribution < -0.4 is 5.32 Å². The van der Waals surface area contributed by atoms with Crippen molar-refractivity contribution in [2.45, 2.75) is 6.92 Å². The molecule has 0 aliphatic heterocycles. The zero-order chi connectivity index (χ0) is 21.4. The fraction of sp³-hybridized carbons (Fsp3) is 0.190. The van der Waals surface area contributed by atoms with E-state index in [9.17, 15) is 18.8 Å². The number of ether oxygens (including phenoxy) is 1. The molecule has 0 saturated heterocycles. The van der Waals surface area contributed by atoms with Crippen molar-refractivity contribution in [2.24, 2.45) is 0 Å². The van der Waals surface area contributed by atoms with Crippen LogP contribution in [0.25, 0.3) is 6.08 Å². The number of anilines is 1. The molecule has 2 aromatic rings. The lowest BCUT2D eigenvalue weighted by Gasteiger charge is -2.16. The van der Waals surface area contributed by atoms with Gasteiger partial charge in [-0.1, -0.05) is 33.6 Å². The zero-order valence-corrected chi connectivity index (χ0v) is 17.5. The van der Waals surface area contributed by atoms with Crippen molar-refractivity contribution in [3.8, 4) is 0 Å². The van der Waals surface area contributed by atoms with Crippen LogP contribution in [0.15, 0.2) is 53.0 Å². The molecular formula is C21H20BrFN2O4. The second-order valence-electron chi connectivity index (χ2n) is 6.27. The maximum absolute atomic E-state index is 13.6. The Labute approximate surface area is 176 Å². The summed E-state index contributed by atoms with van der Waals surface area (Å²) in [6, 6.07) is 11.5. The molecule has 6 nitrogen and oxygen atoms in total. The van der Waals surface area contributed by atoms with Crippen molar-refractivity contribution >= 4 is 45.5 Å². The Morgan fingerprint density at radius 1 is 1.17 bits per heavy atom. The number of nitrogens with zero attached hydrogens (tertiary/aromatic N) is 1. The van der Waals surface area contributed by atoms with Gasteiger partial charge in [-0.25, -0.2) is 9.18 Å². The number of hydrogen-bond donors (Lipinski definition) is 1. The van der Waals surface area contributed by atoms with E-state index in [4.69, 9.17) is 4.74 Å². The van der Waals surface area contributed by atoms with Gasteiger partial charge >= 0.3 is 5.97 Å². The van der Waals surface area contributed by atoms with Gasteiger partial charge in [-0.15, -0.1) is 0 Å². The highest BCUT2D eigenvalue weighted by Crippen LogP contribution is 2.16. The second-order valence-corrected chi connectivity index (χ2v) is 7.19. The van der Waals surface area contributed by atoms with E-state index in [-0.39, 0.29) is 18.0 Å². The Kier molecular flexibility index (Phi) is 8.09. The van der Waals surface area contributed by atoms with Crippen LogP contribution in [0.1, 0.15) is 11.1 Å². The maximum atomic E-state index is 13.6. The summed E-state index contributed by atoms with van der Waals surface area (Å²) >= 11 is 3.21. The fourth-order valence-electron chi connectivity index (χ4n) is 2.23. The molecule has 0 heterocycles. The molecule has 2 rings (SSSR count). The highest BCUT2D eigenvalue weighted by molar-refractivity contribution is 9.10. The molecule has 2 amide bonds. The SMILES string of the molecule is Cc1ccc(NC(=O)CN(C)C(=O)COC(=O)/C=C/c2cc(Br)ccc2F)cc1. The first-order chi connectivity index (χ1) is 13.7. The van der Waals surface area contributed by atoms with E-state index in [1.807, 2.05) is 19.1 Å². The van der Waals surface area contributed by atoms with Gasteiger partial charge in [0.15, 0.2) is 6.61 Å². The first-order valence-electron chi connectivity index (χ1n) is 8.65. The van der Waals surface area contributed by atoms with Gasteiger partial charge in [0.2, 0.25) is 5.91 Å². The van der Waals surface area contributed by atoms with E-state index in [1.165, 1.54) is 31.3 Å². The summed E-state index contributed by atoms with van der Waals surface area (Å²) in [7, 11) is 1.43. The number of carbonyl (C=O) groups is 3. The van der Waals surface area contributed by atoms with E-state index in [0.717, 1.165) is 16.5 Å². The lowest BCUT2D eigenvalue weighted by molar-refractivity contribution is -0.148. The topological polar surface area (TPSA) is 75.7 Å². The molecule has 0 aliphatic carbocycles. The minimum atomic E-state index is -0.796. The van der Waals surface area contributed by atoms with Crippen molar-refractivity contribution in [1.82, 2.24) is 4.90 Å². The Balaban J connectivity index is 1.79. The van der Waals surface area contributed by atoms with Gasteiger partial charge in [0.25, 0.3) is 5.91 Å². The normalized spacial score (nSPS) is 10.6. The number of benzene rings is 2. The van der Waals surface area contributed by atoms with Crippen LogP contribution in [0.4, 0.5) is 10.1 Å². The van der Waals surface area contributed by atoms with Gasteiger partial charge in [0, 0.05) is 28.8 Å². The van der Waals surface area contributed by atoms with Gasteiger partial charge in [-0.3, -0.25) is 9.59 Å². The van der Waals surface area contributed by atoms with Crippen molar-refractivity contribution in [3.05, 3.63) is 70.0 Å². The summed E-state index contributed by atoms with van der Waals surface area (Å²) in [5.41, 5.74) is 1.89. The monoisotopic (exact) mass is 462 g/mol. The van der Waals surface area contributed by atoms with Crippen LogP contribution in [0.5, 0.6) is 0 Å². The van der Waals surface area contributed by atoms with Crippen molar-refractivity contribution in [1.29, 1.82) is 0 Å². The molecule has 0 aliphatic rings. The third-order valence-corrected chi connectivity index (χ3v) is 4.33. The summed E-state index contributed by atoms with van der Waals surface area (Å²) in [6.45, 7) is 1.21. The number of amides is 2. The van der Waals surface area contributed by atoms with E-state index in [0.29, 0.717) is 10.2 Å². The van der Waals surface area contributed by atoms with Crippen LogP contribution in [0.3, 0.4) is 0 Å². The Morgan fingerprint density at radius 3 is 2.55 bits per heavy atom. The minimum Gasteiger partial charge on any atom is -0.452 e. The highest BCUT2D eigenvalue weighted by Gasteiger charge is 2.14. The molecule has 8 heteroatoms. The molecule has 29 heavy (non-hydrogen) atoms. The summed E-state index contributed by atoms with van der Waals surface area (Å²) in [6.07, 6.45) is 2.29. The van der Waals surface area contributed by atoms with Gasteiger partial charge in [-0.2, -0.15) is 0 Å². The van der Waals surface area contributed by atoms with Crippen molar-refractivity contribution in [3.63, 3.8) is 0 Å².